The molecule has 3 heteroatoms. The van der Waals surface area contributed by atoms with Gasteiger partial charge in [-0.15, -0.1) is 0 Å². The Morgan fingerprint density at radius 1 is 1.33 bits per heavy atom. The molecule has 114 valence electrons. The molecule has 1 fully saturated rings. The number of hydrogen-bond donors (Lipinski definition) is 1. The minimum Gasteiger partial charge on any atom is -0.341 e. The molecule has 0 saturated carbocycles. The first-order valence-corrected chi connectivity index (χ1v) is 8.00. The minimum atomic E-state index is 0.285. The predicted octanol–water partition coefficient (Wildman–Crippen LogP) is 3.08. The van der Waals surface area contributed by atoms with E-state index in [1.165, 1.54) is 11.1 Å². The SMILES string of the molecule is CCC=C(CNC1CC(=O)N(CCC)C1)c1ccccc1. The number of allylic oxidation sites excluding steroid dienone is 1. The van der Waals surface area contributed by atoms with Crippen LogP contribution >= 0.6 is 0 Å². The molecule has 1 aliphatic rings. The van der Waals surface area contributed by atoms with Crippen molar-refractivity contribution in [2.45, 2.75) is 39.2 Å². The van der Waals surface area contributed by atoms with Crippen LogP contribution in [0.3, 0.4) is 0 Å². The largest absolute Gasteiger partial charge is 0.341 e. The molecule has 0 bridgehead atoms. The number of benzene rings is 1. The fourth-order valence-electron chi connectivity index (χ4n) is 2.84. The zero-order valence-electron chi connectivity index (χ0n) is 13.1. The molecule has 0 aliphatic carbocycles. The number of carbonyl (C=O) groups excluding carboxylic acids is 1. The van der Waals surface area contributed by atoms with Crippen molar-refractivity contribution in [3.8, 4) is 0 Å². The topological polar surface area (TPSA) is 32.3 Å². The maximum atomic E-state index is 11.9. The summed E-state index contributed by atoms with van der Waals surface area (Å²) in [5.41, 5.74) is 2.58. The van der Waals surface area contributed by atoms with Crippen molar-refractivity contribution in [3.05, 3.63) is 42.0 Å². The van der Waals surface area contributed by atoms with E-state index in [1.807, 2.05) is 11.0 Å². The van der Waals surface area contributed by atoms with E-state index in [4.69, 9.17) is 0 Å². The van der Waals surface area contributed by atoms with E-state index in [2.05, 4.69) is 49.5 Å². The monoisotopic (exact) mass is 286 g/mol. The molecule has 1 N–H and O–H groups in total. The average Bonchev–Trinajstić information content (AvgIpc) is 2.85. The van der Waals surface area contributed by atoms with E-state index in [9.17, 15) is 4.79 Å². The van der Waals surface area contributed by atoms with E-state index in [-0.39, 0.29) is 11.9 Å². The van der Waals surface area contributed by atoms with Crippen molar-refractivity contribution < 1.29 is 4.79 Å². The van der Waals surface area contributed by atoms with Gasteiger partial charge < -0.3 is 10.2 Å². The Hall–Kier alpha value is -1.61. The average molecular weight is 286 g/mol. The Labute approximate surface area is 128 Å². The summed E-state index contributed by atoms with van der Waals surface area (Å²) >= 11 is 0. The molecule has 1 aliphatic heterocycles. The maximum Gasteiger partial charge on any atom is 0.224 e. The van der Waals surface area contributed by atoms with Gasteiger partial charge in [0.2, 0.25) is 5.91 Å². The van der Waals surface area contributed by atoms with Crippen molar-refractivity contribution in [1.29, 1.82) is 0 Å². The van der Waals surface area contributed by atoms with E-state index in [0.29, 0.717) is 6.42 Å². The molecule has 1 unspecified atom stereocenters. The predicted molar refractivity (Wildman–Crippen MR) is 88.0 cm³/mol. The highest BCUT2D eigenvalue weighted by Gasteiger charge is 2.28. The number of hydrogen-bond acceptors (Lipinski definition) is 2. The molecule has 1 heterocycles. The third-order valence-electron chi connectivity index (χ3n) is 3.88. The first-order valence-electron chi connectivity index (χ1n) is 8.00. The van der Waals surface area contributed by atoms with Crippen LogP contribution in [0.25, 0.3) is 5.57 Å². The molecule has 0 spiro atoms. The number of nitrogens with one attached hydrogen (secondary N) is 1. The Bertz CT molecular complexity index is 481. The second-order valence-electron chi connectivity index (χ2n) is 5.63. The lowest BCUT2D eigenvalue weighted by Gasteiger charge is -2.17. The van der Waals surface area contributed by atoms with Gasteiger partial charge in [0.1, 0.15) is 0 Å². The highest BCUT2D eigenvalue weighted by atomic mass is 16.2. The zero-order chi connectivity index (χ0) is 15.1. The molecule has 0 radical (unpaired) electrons. The molecule has 1 amide bonds. The lowest BCUT2D eigenvalue weighted by atomic mass is 10.0. The van der Waals surface area contributed by atoms with Gasteiger partial charge >= 0.3 is 0 Å². The molecular formula is C18H26N2O. The fourth-order valence-corrected chi connectivity index (χ4v) is 2.84. The van der Waals surface area contributed by atoms with Gasteiger partial charge in [0.05, 0.1) is 0 Å². The van der Waals surface area contributed by atoms with Crippen molar-refractivity contribution >= 4 is 11.5 Å². The summed E-state index contributed by atoms with van der Waals surface area (Å²) in [7, 11) is 0. The minimum absolute atomic E-state index is 0.285. The van der Waals surface area contributed by atoms with E-state index in [0.717, 1.165) is 32.5 Å². The summed E-state index contributed by atoms with van der Waals surface area (Å²) < 4.78 is 0. The molecule has 3 nitrogen and oxygen atoms in total. The van der Waals surface area contributed by atoms with Crippen LogP contribution in [-0.4, -0.2) is 36.5 Å². The van der Waals surface area contributed by atoms with Gasteiger partial charge in [-0.2, -0.15) is 0 Å². The Balaban J connectivity index is 1.92. The number of rotatable bonds is 7. The zero-order valence-corrected chi connectivity index (χ0v) is 13.1. The molecule has 1 saturated heterocycles. The summed E-state index contributed by atoms with van der Waals surface area (Å²) in [4.78, 5) is 13.9. The lowest BCUT2D eigenvalue weighted by Crippen LogP contribution is -2.34. The van der Waals surface area contributed by atoms with Crippen molar-refractivity contribution in [3.63, 3.8) is 0 Å². The number of carbonyl (C=O) groups is 1. The van der Waals surface area contributed by atoms with Crippen molar-refractivity contribution in [2.24, 2.45) is 0 Å². The van der Waals surface area contributed by atoms with E-state index < -0.39 is 0 Å². The molecule has 1 aromatic rings. The van der Waals surface area contributed by atoms with Crippen LogP contribution in [0.15, 0.2) is 36.4 Å². The summed E-state index contributed by atoms with van der Waals surface area (Å²) in [6.07, 6.45) is 4.96. The standard InChI is InChI=1S/C18H26N2O/c1-3-8-16(15-9-6-5-7-10-15)13-19-17-12-18(21)20(14-17)11-4-2/h5-10,17,19H,3-4,11-14H2,1-2H3. The van der Waals surface area contributed by atoms with Crippen LogP contribution in [0.4, 0.5) is 0 Å². The van der Waals surface area contributed by atoms with Gasteiger partial charge in [-0.3, -0.25) is 4.79 Å². The summed E-state index contributed by atoms with van der Waals surface area (Å²) in [6, 6.07) is 10.8. The van der Waals surface area contributed by atoms with Gasteiger partial charge in [0, 0.05) is 32.1 Å². The van der Waals surface area contributed by atoms with Crippen molar-refractivity contribution in [1.82, 2.24) is 10.2 Å². The van der Waals surface area contributed by atoms with Gasteiger partial charge in [-0.1, -0.05) is 50.3 Å². The smallest absolute Gasteiger partial charge is 0.224 e. The van der Waals surface area contributed by atoms with E-state index in [1.54, 1.807) is 0 Å². The molecule has 2 rings (SSSR count). The van der Waals surface area contributed by atoms with E-state index >= 15 is 0 Å². The Morgan fingerprint density at radius 3 is 2.76 bits per heavy atom. The molecule has 21 heavy (non-hydrogen) atoms. The third-order valence-corrected chi connectivity index (χ3v) is 3.88. The van der Waals surface area contributed by atoms with Crippen LogP contribution in [0.5, 0.6) is 0 Å². The molecule has 1 atom stereocenters. The molecule has 0 aromatic heterocycles. The quantitative estimate of drug-likeness (QED) is 0.835. The fraction of sp³-hybridized carbons (Fsp3) is 0.500. The highest BCUT2D eigenvalue weighted by molar-refractivity contribution is 5.79. The number of nitrogens with zero attached hydrogens (tertiary/aromatic N) is 1. The summed E-state index contributed by atoms with van der Waals surface area (Å²) in [6.45, 7) is 6.83. The molecular weight excluding hydrogens is 260 g/mol. The van der Waals surface area contributed by atoms with Gasteiger partial charge in [-0.25, -0.2) is 0 Å². The number of likely N-dealkylation sites (tertiary alicyclic amines) is 1. The summed E-state index contributed by atoms with van der Waals surface area (Å²) in [5, 5.41) is 3.55. The van der Waals surface area contributed by atoms with Crippen LogP contribution in [0.2, 0.25) is 0 Å². The van der Waals surface area contributed by atoms with Gasteiger partial charge in [0.15, 0.2) is 0 Å². The maximum absolute atomic E-state index is 11.9. The summed E-state index contributed by atoms with van der Waals surface area (Å²) in [5.74, 6) is 0.287. The first kappa shape index (κ1) is 15.8. The number of amides is 1. The lowest BCUT2D eigenvalue weighted by molar-refractivity contribution is -0.127. The van der Waals surface area contributed by atoms with Crippen LogP contribution < -0.4 is 5.32 Å². The second kappa shape index (κ2) is 7.99. The second-order valence-corrected chi connectivity index (χ2v) is 5.63. The first-order chi connectivity index (χ1) is 10.2. The van der Waals surface area contributed by atoms with Crippen LogP contribution in [0.1, 0.15) is 38.7 Å². The molecule has 1 aromatic carbocycles. The Kier molecular flexibility index (Phi) is 6.00. The Morgan fingerprint density at radius 2 is 2.10 bits per heavy atom. The van der Waals surface area contributed by atoms with Gasteiger partial charge in [0.25, 0.3) is 0 Å². The van der Waals surface area contributed by atoms with Crippen LogP contribution in [0, 0.1) is 0 Å². The van der Waals surface area contributed by atoms with Gasteiger partial charge in [-0.05, 0) is 24.0 Å². The normalized spacial score (nSPS) is 19.3. The van der Waals surface area contributed by atoms with Crippen molar-refractivity contribution in [2.75, 3.05) is 19.6 Å². The highest BCUT2D eigenvalue weighted by Crippen LogP contribution is 2.16. The third kappa shape index (κ3) is 4.43. The van der Waals surface area contributed by atoms with Crippen LogP contribution in [-0.2, 0) is 4.79 Å².